The molecular formula is C3H11BrO2. The van der Waals surface area contributed by atoms with Crippen molar-refractivity contribution < 1.29 is 10.2 Å². The summed E-state index contributed by atoms with van der Waals surface area (Å²) in [6.45, 7) is 0. The molecule has 0 unspecified atom stereocenters. The fraction of sp³-hybridized carbons (Fsp3) is 1.00. The van der Waals surface area contributed by atoms with Gasteiger partial charge in [0.05, 0.1) is 0 Å². The molecule has 0 aromatic heterocycles. The molecule has 0 aromatic rings. The van der Waals surface area contributed by atoms with Gasteiger partial charge in [-0.15, -0.1) is 0 Å². The van der Waals surface area contributed by atoms with E-state index in [1.165, 1.54) is 0 Å². The van der Waals surface area contributed by atoms with Gasteiger partial charge in [0.15, 0.2) is 0 Å². The minimum atomic E-state index is 1.00. The predicted octanol–water partition coefficient (Wildman–Crippen LogP) is 0.228. The Morgan fingerprint density at radius 3 is 0.833 bits per heavy atom. The fourth-order valence-corrected chi connectivity index (χ4v) is 0. The van der Waals surface area contributed by atoms with Crippen molar-refractivity contribution in [1.82, 2.24) is 0 Å². The molecular weight excluding hydrogens is 148 g/mol. The maximum atomic E-state index is 7.00. The van der Waals surface area contributed by atoms with Gasteiger partial charge in [-0.2, -0.15) is 0 Å². The second-order valence-electron chi connectivity index (χ2n) is 0. The van der Waals surface area contributed by atoms with Crippen LogP contribution in [0.15, 0.2) is 0 Å². The van der Waals surface area contributed by atoms with Gasteiger partial charge in [-0.25, -0.2) is 0 Å². The van der Waals surface area contributed by atoms with Gasteiger partial charge in [0.25, 0.3) is 0 Å². The summed E-state index contributed by atoms with van der Waals surface area (Å²) in [7, 11) is 2.00. The fourth-order valence-electron chi connectivity index (χ4n) is 0. The summed E-state index contributed by atoms with van der Waals surface area (Å²) in [5, 5.41) is 14.0. The molecule has 2 nitrogen and oxygen atoms in total. The van der Waals surface area contributed by atoms with E-state index in [0.29, 0.717) is 0 Å². The van der Waals surface area contributed by atoms with Crippen LogP contribution in [0.1, 0.15) is 0 Å². The van der Waals surface area contributed by atoms with E-state index in [0.717, 1.165) is 14.2 Å². The van der Waals surface area contributed by atoms with Gasteiger partial charge in [0.1, 0.15) is 0 Å². The zero-order valence-corrected chi connectivity index (χ0v) is 5.86. The molecule has 3 heteroatoms. The van der Waals surface area contributed by atoms with Crippen molar-refractivity contribution in [2.24, 2.45) is 0 Å². The first-order valence-electron chi connectivity index (χ1n) is 1.27. The maximum absolute atomic E-state index is 7.00. The Morgan fingerprint density at radius 2 is 0.833 bits per heavy atom. The number of hydrogen-bond donors (Lipinski definition) is 2. The molecule has 6 heavy (non-hydrogen) atoms. The lowest BCUT2D eigenvalue weighted by Gasteiger charge is -1.21. The van der Waals surface area contributed by atoms with Crippen LogP contribution in [0.3, 0.4) is 0 Å². The van der Waals surface area contributed by atoms with Gasteiger partial charge in [0.2, 0.25) is 0 Å². The first-order valence-corrected chi connectivity index (χ1v) is 2.86. The van der Waals surface area contributed by atoms with E-state index in [4.69, 9.17) is 10.2 Å². The molecule has 0 saturated carbocycles. The zero-order chi connectivity index (χ0) is 6.00. The molecule has 0 fully saturated rings. The summed E-state index contributed by atoms with van der Waals surface area (Å²) in [6.07, 6.45) is 0. The Kier molecular flexibility index (Phi) is 1760. The second kappa shape index (κ2) is 653. The SMILES string of the molecule is CBr.CO.CO. The molecule has 0 rings (SSSR count). The molecule has 0 aliphatic carbocycles. The quantitative estimate of drug-likeness (QED) is 0.496. The van der Waals surface area contributed by atoms with Crippen LogP contribution >= 0.6 is 15.9 Å². The van der Waals surface area contributed by atoms with Crippen LogP contribution in [-0.4, -0.2) is 30.3 Å². The maximum Gasteiger partial charge on any atom is 0.0319 e. The Morgan fingerprint density at radius 1 is 0.833 bits per heavy atom. The first-order chi connectivity index (χ1) is 3.00. The average molecular weight is 159 g/mol. The molecule has 0 saturated heterocycles. The smallest absolute Gasteiger partial charge is 0.0319 e. The number of rotatable bonds is 0. The Labute approximate surface area is 46.9 Å². The Hall–Kier alpha value is 0.400. The molecule has 0 radical (unpaired) electrons. The number of halogens is 1. The van der Waals surface area contributed by atoms with Crippen molar-refractivity contribution in [2.45, 2.75) is 0 Å². The van der Waals surface area contributed by atoms with Crippen LogP contribution in [-0.2, 0) is 0 Å². The predicted molar refractivity (Wildman–Crippen MR) is 31.1 cm³/mol. The van der Waals surface area contributed by atoms with Gasteiger partial charge < -0.3 is 10.2 Å². The highest BCUT2D eigenvalue weighted by atomic mass is 79.9. The van der Waals surface area contributed by atoms with Crippen molar-refractivity contribution in [3.63, 3.8) is 0 Å². The molecule has 0 atom stereocenters. The molecule has 0 aliphatic heterocycles. The summed E-state index contributed by atoms with van der Waals surface area (Å²) in [6, 6.07) is 0. The van der Waals surface area contributed by atoms with Crippen molar-refractivity contribution in [3.8, 4) is 0 Å². The third-order valence-corrected chi connectivity index (χ3v) is 0. The topological polar surface area (TPSA) is 40.5 Å². The number of aliphatic hydroxyl groups is 2. The van der Waals surface area contributed by atoms with Gasteiger partial charge in [0, 0.05) is 14.2 Å². The minimum absolute atomic E-state index is 1.00. The lowest BCUT2D eigenvalue weighted by Crippen LogP contribution is -1.25. The van der Waals surface area contributed by atoms with Crippen LogP contribution in [0.5, 0.6) is 0 Å². The minimum Gasteiger partial charge on any atom is -0.400 e. The lowest BCUT2D eigenvalue weighted by molar-refractivity contribution is 0.399. The summed E-state index contributed by atoms with van der Waals surface area (Å²) in [5.74, 6) is 1.81. The first kappa shape index (κ1) is 16.1. The van der Waals surface area contributed by atoms with Crippen LogP contribution < -0.4 is 0 Å². The van der Waals surface area contributed by atoms with E-state index >= 15 is 0 Å². The van der Waals surface area contributed by atoms with Crippen LogP contribution in [0, 0.1) is 0 Å². The van der Waals surface area contributed by atoms with Gasteiger partial charge in [-0.05, 0) is 5.83 Å². The zero-order valence-electron chi connectivity index (χ0n) is 4.27. The van der Waals surface area contributed by atoms with E-state index in [1.54, 1.807) is 0 Å². The van der Waals surface area contributed by atoms with Crippen molar-refractivity contribution in [3.05, 3.63) is 0 Å². The molecule has 0 heterocycles. The number of hydrogen-bond acceptors (Lipinski definition) is 2. The average Bonchev–Trinajstić information content (AvgIpc) is 1.81. The molecule has 42 valence electrons. The molecule has 0 aromatic carbocycles. The third-order valence-electron chi connectivity index (χ3n) is 0. The van der Waals surface area contributed by atoms with Gasteiger partial charge in [-0.1, -0.05) is 15.9 Å². The third kappa shape index (κ3) is 318. The Bertz CT molecular complexity index is 8.75. The molecule has 2 N–H and O–H groups in total. The molecule has 0 amide bonds. The lowest BCUT2D eigenvalue weighted by atomic mass is 11.8. The van der Waals surface area contributed by atoms with E-state index in [-0.39, 0.29) is 0 Å². The normalized spacial score (nSPS) is 3.00. The van der Waals surface area contributed by atoms with E-state index < -0.39 is 0 Å². The largest absolute Gasteiger partial charge is 0.400 e. The number of aliphatic hydroxyl groups excluding tert-OH is 2. The van der Waals surface area contributed by atoms with E-state index in [1.807, 2.05) is 5.83 Å². The highest BCUT2D eigenvalue weighted by Crippen LogP contribution is 1.45. The van der Waals surface area contributed by atoms with Crippen molar-refractivity contribution >= 4 is 15.9 Å². The van der Waals surface area contributed by atoms with Crippen molar-refractivity contribution in [2.75, 3.05) is 20.1 Å². The monoisotopic (exact) mass is 158 g/mol. The van der Waals surface area contributed by atoms with Crippen LogP contribution in [0.25, 0.3) is 0 Å². The second-order valence-corrected chi connectivity index (χ2v) is 0. The highest BCUT2D eigenvalue weighted by Gasteiger charge is 0.949. The van der Waals surface area contributed by atoms with Crippen molar-refractivity contribution in [1.29, 1.82) is 0 Å². The summed E-state index contributed by atoms with van der Waals surface area (Å²) in [5.41, 5.74) is 0. The van der Waals surface area contributed by atoms with E-state index in [2.05, 4.69) is 15.9 Å². The molecule has 0 bridgehead atoms. The standard InChI is InChI=1S/CH3Br.2CH4O/c3*1-2/h1H3;2*2H,1H3. The molecule has 0 spiro atoms. The van der Waals surface area contributed by atoms with Crippen LogP contribution in [0.4, 0.5) is 0 Å². The molecule has 0 aliphatic rings. The summed E-state index contributed by atoms with van der Waals surface area (Å²) >= 11 is 2.94. The van der Waals surface area contributed by atoms with Crippen LogP contribution in [0.2, 0.25) is 0 Å². The Balaban J connectivity index is -0.0000000225. The number of alkyl halides is 1. The van der Waals surface area contributed by atoms with Gasteiger partial charge in [-0.3, -0.25) is 0 Å². The summed E-state index contributed by atoms with van der Waals surface area (Å²) < 4.78 is 0. The summed E-state index contributed by atoms with van der Waals surface area (Å²) in [4.78, 5) is 0. The highest BCUT2D eigenvalue weighted by molar-refractivity contribution is 9.08. The van der Waals surface area contributed by atoms with E-state index in [9.17, 15) is 0 Å². The van der Waals surface area contributed by atoms with Gasteiger partial charge >= 0.3 is 0 Å².